The fourth-order valence-corrected chi connectivity index (χ4v) is 3.88. The van der Waals surface area contributed by atoms with Gasteiger partial charge in [-0.2, -0.15) is 0 Å². The first-order valence-electron chi connectivity index (χ1n) is 10.5. The fraction of sp³-hybridized carbons (Fsp3) is 0.480. The molecule has 150 valence electrons. The molecule has 1 saturated heterocycles. The van der Waals surface area contributed by atoms with Gasteiger partial charge in [-0.1, -0.05) is 52.0 Å². The monoisotopic (exact) mass is 378 g/mol. The van der Waals surface area contributed by atoms with E-state index in [2.05, 4.69) is 62.2 Å². The molecule has 1 N–H and O–H groups in total. The molecule has 3 rings (SSSR count). The molecule has 3 nitrogen and oxygen atoms in total. The van der Waals surface area contributed by atoms with E-state index in [1.165, 1.54) is 24.1 Å². The lowest BCUT2D eigenvalue weighted by molar-refractivity contribution is 0.0940. The minimum Gasteiger partial charge on any atom is -0.371 e. The van der Waals surface area contributed by atoms with E-state index < -0.39 is 0 Å². The molecular formula is C25H34N2O. The van der Waals surface area contributed by atoms with Gasteiger partial charge in [-0.05, 0) is 66.5 Å². The van der Waals surface area contributed by atoms with Crippen molar-refractivity contribution in [2.45, 2.75) is 58.9 Å². The van der Waals surface area contributed by atoms with Crippen molar-refractivity contribution >= 4 is 11.6 Å². The molecule has 0 bridgehead atoms. The van der Waals surface area contributed by atoms with E-state index in [1.54, 1.807) is 0 Å². The number of hydrogen-bond donors (Lipinski definition) is 1. The highest BCUT2D eigenvalue weighted by molar-refractivity contribution is 5.94. The van der Waals surface area contributed by atoms with E-state index in [1.807, 2.05) is 31.2 Å². The molecule has 1 aliphatic rings. The number of benzene rings is 2. The maximum absolute atomic E-state index is 12.6. The van der Waals surface area contributed by atoms with Gasteiger partial charge in [0.15, 0.2) is 0 Å². The molecule has 0 saturated carbocycles. The average Bonchev–Trinajstić information content (AvgIpc) is 2.67. The van der Waals surface area contributed by atoms with Crippen LogP contribution in [-0.2, 0) is 5.41 Å². The predicted octanol–water partition coefficient (Wildman–Crippen LogP) is 5.71. The van der Waals surface area contributed by atoms with E-state index in [9.17, 15) is 4.79 Å². The predicted molar refractivity (Wildman–Crippen MR) is 118 cm³/mol. The molecule has 2 aromatic carbocycles. The van der Waals surface area contributed by atoms with Gasteiger partial charge >= 0.3 is 0 Å². The van der Waals surface area contributed by atoms with Crippen molar-refractivity contribution in [1.82, 2.24) is 5.32 Å². The maximum atomic E-state index is 12.6. The normalized spacial score (nSPS) is 18.6. The number of piperidine rings is 1. The van der Waals surface area contributed by atoms with Crippen molar-refractivity contribution in [1.29, 1.82) is 0 Å². The number of nitrogens with zero attached hydrogens (tertiary/aromatic N) is 1. The van der Waals surface area contributed by atoms with Gasteiger partial charge in [0.2, 0.25) is 0 Å². The van der Waals surface area contributed by atoms with Crippen LogP contribution < -0.4 is 10.2 Å². The van der Waals surface area contributed by atoms with Crippen LogP contribution in [0.1, 0.15) is 75.0 Å². The van der Waals surface area contributed by atoms with Gasteiger partial charge < -0.3 is 10.2 Å². The van der Waals surface area contributed by atoms with Crippen molar-refractivity contribution < 1.29 is 4.79 Å². The molecule has 28 heavy (non-hydrogen) atoms. The van der Waals surface area contributed by atoms with Crippen LogP contribution >= 0.6 is 0 Å². The standard InChI is InChI=1S/C25H34N2O/c1-18-7-6-16-27(17-18)23-14-10-20(11-15-23)19(2)26-24(28)21-8-12-22(13-9-21)25(3,4)5/h8-15,18-19H,6-7,16-17H2,1-5H3,(H,26,28)/t18-,19-/m1/s1. The van der Waals surface area contributed by atoms with Crippen molar-refractivity contribution in [3.8, 4) is 0 Å². The van der Waals surface area contributed by atoms with Crippen LogP contribution in [0.15, 0.2) is 48.5 Å². The van der Waals surface area contributed by atoms with Gasteiger partial charge in [-0.25, -0.2) is 0 Å². The lowest BCUT2D eigenvalue weighted by Gasteiger charge is -2.33. The number of nitrogens with one attached hydrogen (secondary N) is 1. The Hall–Kier alpha value is -2.29. The highest BCUT2D eigenvalue weighted by atomic mass is 16.1. The maximum Gasteiger partial charge on any atom is 0.251 e. The number of amides is 1. The Balaban J connectivity index is 1.62. The summed E-state index contributed by atoms with van der Waals surface area (Å²) < 4.78 is 0. The second-order valence-corrected chi connectivity index (χ2v) is 9.31. The Bertz CT molecular complexity index is 787. The molecule has 0 aliphatic carbocycles. The number of hydrogen-bond acceptors (Lipinski definition) is 2. The Morgan fingerprint density at radius 3 is 2.29 bits per heavy atom. The lowest BCUT2D eigenvalue weighted by Crippen LogP contribution is -2.34. The van der Waals surface area contributed by atoms with Gasteiger partial charge in [0.25, 0.3) is 5.91 Å². The van der Waals surface area contributed by atoms with Crippen LogP contribution in [0.5, 0.6) is 0 Å². The van der Waals surface area contributed by atoms with E-state index in [4.69, 9.17) is 0 Å². The second-order valence-electron chi connectivity index (χ2n) is 9.31. The molecule has 2 atom stereocenters. The number of rotatable bonds is 4. The summed E-state index contributed by atoms with van der Waals surface area (Å²) in [5.41, 5.74) is 4.45. The van der Waals surface area contributed by atoms with Crippen LogP contribution in [0.4, 0.5) is 5.69 Å². The molecule has 0 unspecified atom stereocenters. The molecular weight excluding hydrogens is 344 g/mol. The van der Waals surface area contributed by atoms with E-state index in [0.29, 0.717) is 5.56 Å². The molecule has 3 heteroatoms. The summed E-state index contributed by atoms with van der Waals surface area (Å²) in [4.78, 5) is 15.1. The first-order valence-corrected chi connectivity index (χ1v) is 10.5. The van der Waals surface area contributed by atoms with E-state index in [0.717, 1.165) is 24.6 Å². The fourth-order valence-electron chi connectivity index (χ4n) is 3.88. The van der Waals surface area contributed by atoms with Gasteiger partial charge in [0, 0.05) is 24.3 Å². The smallest absolute Gasteiger partial charge is 0.251 e. The van der Waals surface area contributed by atoms with Crippen molar-refractivity contribution in [3.63, 3.8) is 0 Å². The quantitative estimate of drug-likeness (QED) is 0.739. The van der Waals surface area contributed by atoms with E-state index in [-0.39, 0.29) is 17.4 Å². The summed E-state index contributed by atoms with van der Waals surface area (Å²) >= 11 is 0. The number of anilines is 1. The molecule has 1 aliphatic heterocycles. The molecule has 2 aromatic rings. The Morgan fingerprint density at radius 1 is 1.07 bits per heavy atom. The first kappa shape index (κ1) is 20.4. The zero-order chi connectivity index (χ0) is 20.3. The Kier molecular flexibility index (Phi) is 6.12. The highest BCUT2D eigenvalue weighted by Crippen LogP contribution is 2.25. The summed E-state index contributed by atoms with van der Waals surface area (Å²) in [7, 11) is 0. The molecule has 0 spiro atoms. The first-order chi connectivity index (χ1) is 13.2. The van der Waals surface area contributed by atoms with Crippen LogP contribution in [-0.4, -0.2) is 19.0 Å². The van der Waals surface area contributed by atoms with Crippen LogP contribution in [0.3, 0.4) is 0 Å². The van der Waals surface area contributed by atoms with Crippen LogP contribution in [0, 0.1) is 5.92 Å². The minimum absolute atomic E-state index is 0.0240. The van der Waals surface area contributed by atoms with Crippen molar-refractivity contribution in [2.75, 3.05) is 18.0 Å². The summed E-state index contributed by atoms with van der Waals surface area (Å²) in [6, 6.07) is 16.6. The highest BCUT2D eigenvalue weighted by Gasteiger charge is 2.18. The van der Waals surface area contributed by atoms with Gasteiger partial charge in [-0.3, -0.25) is 4.79 Å². The third-order valence-electron chi connectivity index (χ3n) is 5.78. The molecule has 0 aromatic heterocycles. The summed E-state index contributed by atoms with van der Waals surface area (Å²) in [5, 5.41) is 3.12. The van der Waals surface area contributed by atoms with Gasteiger partial charge in [0.1, 0.15) is 0 Å². The largest absolute Gasteiger partial charge is 0.371 e. The van der Waals surface area contributed by atoms with Crippen LogP contribution in [0.25, 0.3) is 0 Å². The Labute approximate surface area is 170 Å². The summed E-state index contributed by atoms with van der Waals surface area (Å²) in [6.07, 6.45) is 2.60. The third-order valence-corrected chi connectivity index (χ3v) is 5.78. The zero-order valence-corrected chi connectivity index (χ0v) is 18.0. The lowest BCUT2D eigenvalue weighted by atomic mass is 9.86. The van der Waals surface area contributed by atoms with Crippen molar-refractivity contribution in [3.05, 3.63) is 65.2 Å². The third kappa shape index (κ3) is 4.95. The number of carbonyl (C=O) groups is 1. The van der Waals surface area contributed by atoms with Gasteiger partial charge in [0.05, 0.1) is 6.04 Å². The Morgan fingerprint density at radius 2 is 1.71 bits per heavy atom. The minimum atomic E-state index is -0.0260. The average molecular weight is 379 g/mol. The van der Waals surface area contributed by atoms with Crippen LogP contribution in [0.2, 0.25) is 0 Å². The topological polar surface area (TPSA) is 32.3 Å². The molecule has 1 amide bonds. The zero-order valence-electron chi connectivity index (χ0n) is 18.0. The number of carbonyl (C=O) groups excluding carboxylic acids is 1. The summed E-state index contributed by atoms with van der Waals surface area (Å²) in [6.45, 7) is 13.2. The molecule has 1 fully saturated rings. The molecule has 0 radical (unpaired) electrons. The van der Waals surface area contributed by atoms with E-state index >= 15 is 0 Å². The SMILES string of the molecule is C[C@@H]1CCCN(c2ccc([C@@H](C)NC(=O)c3ccc(C(C)(C)C)cc3)cc2)C1. The van der Waals surface area contributed by atoms with Gasteiger partial charge in [-0.15, -0.1) is 0 Å². The summed E-state index contributed by atoms with van der Waals surface area (Å²) in [5.74, 6) is 0.734. The second kappa shape index (κ2) is 8.38. The molecule has 1 heterocycles. The van der Waals surface area contributed by atoms with Crippen molar-refractivity contribution in [2.24, 2.45) is 5.92 Å².